The molecule has 1 amide bonds. The Kier molecular flexibility index (Phi) is 6.14. The summed E-state index contributed by atoms with van der Waals surface area (Å²) in [6.45, 7) is 1.81. The van der Waals surface area contributed by atoms with Crippen molar-refractivity contribution in [2.75, 3.05) is 11.4 Å². The zero-order chi connectivity index (χ0) is 21.0. The minimum Gasteiger partial charge on any atom is -0.311 e. The molecule has 0 spiro atoms. The topological polar surface area (TPSA) is 89.3 Å². The van der Waals surface area contributed by atoms with E-state index in [-0.39, 0.29) is 22.4 Å². The maximum Gasteiger partial charge on any atom is 0.267 e. The lowest BCUT2D eigenvalue weighted by Gasteiger charge is -2.21. The van der Waals surface area contributed by atoms with E-state index in [0.29, 0.717) is 17.3 Å². The maximum atomic E-state index is 12.8. The molecule has 3 rings (SSSR count). The Hall–Kier alpha value is -2.97. The Bertz CT molecular complexity index is 1180. The van der Waals surface area contributed by atoms with Crippen molar-refractivity contribution in [3.8, 4) is 0 Å². The molecule has 1 aromatic heterocycles. The van der Waals surface area contributed by atoms with Crippen molar-refractivity contribution in [2.24, 2.45) is 0 Å². The van der Waals surface area contributed by atoms with Crippen LogP contribution in [-0.2, 0) is 21.2 Å². The highest BCUT2D eigenvalue weighted by molar-refractivity contribution is 7.91. The molecule has 0 fully saturated rings. The molecule has 0 unspecified atom stereocenters. The van der Waals surface area contributed by atoms with Crippen LogP contribution in [0.15, 0.2) is 81.4 Å². The monoisotopic (exact) mass is 431 g/mol. The highest BCUT2D eigenvalue weighted by atomic mass is 35.5. The predicted molar refractivity (Wildman–Crippen MR) is 110 cm³/mol. The molecule has 0 saturated heterocycles. The first-order valence-electron chi connectivity index (χ1n) is 8.77. The number of carbonyl (C=O) groups is 1. The number of amides is 1. The Morgan fingerprint density at radius 1 is 1.03 bits per heavy atom. The molecule has 0 atom stereocenters. The largest absolute Gasteiger partial charge is 0.311 e. The van der Waals surface area contributed by atoms with Crippen LogP contribution in [0.2, 0.25) is 5.02 Å². The van der Waals surface area contributed by atoms with Crippen LogP contribution in [0.4, 0.5) is 5.69 Å². The summed E-state index contributed by atoms with van der Waals surface area (Å²) in [5.41, 5.74) is 0.107. The van der Waals surface area contributed by atoms with Crippen molar-refractivity contribution in [1.29, 1.82) is 0 Å². The van der Waals surface area contributed by atoms with E-state index in [1.54, 1.807) is 24.3 Å². The Balaban J connectivity index is 1.92. The first-order chi connectivity index (χ1) is 13.8. The van der Waals surface area contributed by atoms with E-state index in [4.69, 9.17) is 11.6 Å². The predicted octanol–water partition coefficient (Wildman–Crippen LogP) is 2.78. The van der Waals surface area contributed by atoms with Gasteiger partial charge < -0.3 is 4.90 Å². The average molecular weight is 432 g/mol. The first kappa shape index (κ1) is 20.8. The molecule has 29 heavy (non-hydrogen) atoms. The molecule has 0 bridgehead atoms. The van der Waals surface area contributed by atoms with Gasteiger partial charge in [0.2, 0.25) is 15.7 Å². The highest BCUT2D eigenvalue weighted by Crippen LogP contribution is 2.20. The summed E-state index contributed by atoms with van der Waals surface area (Å²) in [6.07, 6.45) is 0. The number of likely N-dealkylation sites (N-methyl/N-ethyl adjacent to an activating group) is 1. The molecule has 7 nitrogen and oxygen atoms in total. The van der Waals surface area contributed by atoms with Crippen LogP contribution in [0.5, 0.6) is 0 Å². The summed E-state index contributed by atoms with van der Waals surface area (Å²) in [5.74, 6) is -0.380. The van der Waals surface area contributed by atoms with Crippen LogP contribution in [0.1, 0.15) is 6.92 Å². The van der Waals surface area contributed by atoms with Crippen molar-refractivity contribution < 1.29 is 13.2 Å². The number of hydrogen-bond acceptors (Lipinski definition) is 5. The van der Waals surface area contributed by atoms with Gasteiger partial charge in [-0.15, -0.1) is 0 Å². The lowest BCUT2D eigenvalue weighted by Crippen LogP contribution is -2.37. The van der Waals surface area contributed by atoms with E-state index in [9.17, 15) is 18.0 Å². The molecule has 0 aliphatic heterocycles. The third kappa shape index (κ3) is 4.55. The molecule has 3 aromatic rings. The van der Waals surface area contributed by atoms with Crippen LogP contribution in [0.25, 0.3) is 0 Å². The van der Waals surface area contributed by atoms with Crippen LogP contribution in [0.3, 0.4) is 0 Å². The number of aromatic nitrogens is 2. The normalized spacial score (nSPS) is 11.2. The lowest BCUT2D eigenvalue weighted by atomic mass is 10.3. The van der Waals surface area contributed by atoms with Crippen molar-refractivity contribution in [2.45, 2.75) is 23.4 Å². The molecule has 2 aromatic carbocycles. The van der Waals surface area contributed by atoms with Gasteiger partial charge in [0, 0.05) is 23.3 Å². The maximum absolute atomic E-state index is 12.8. The number of anilines is 1. The van der Waals surface area contributed by atoms with Gasteiger partial charge in [-0.1, -0.05) is 29.8 Å². The van der Waals surface area contributed by atoms with Gasteiger partial charge in [-0.2, -0.15) is 5.10 Å². The van der Waals surface area contributed by atoms with Crippen molar-refractivity contribution in [3.63, 3.8) is 0 Å². The number of benzene rings is 2. The molecule has 0 radical (unpaired) electrons. The van der Waals surface area contributed by atoms with Crippen molar-refractivity contribution in [3.05, 3.63) is 82.1 Å². The summed E-state index contributed by atoms with van der Waals surface area (Å²) in [5, 5.41) is 4.00. The van der Waals surface area contributed by atoms with Gasteiger partial charge in [0.25, 0.3) is 5.56 Å². The number of sulfone groups is 1. The Labute approximate surface area is 173 Å². The zero-order valence-corrected chi connectivity index (χ0v) is 17.1. The van der Waals surface area contributed by atoms with E-state index < -0.39 is 15.4 Å². The lowest BCUT2D eigenvalue weighted by molar-refractivity contribution is -0.119. The minimum atomic E-state index is -3.96. The molecule has 0 aliphatic rings. The molecule has 150 valence electrons. The number of halogens is 1. The van der Waals surface area contributed by atoms with Crippen LogP contribution in [0, 0.1) is 0 Å². The van der Waals surface area contributed by atoms with Gasteiger partial charge in [-0.05, 0) is 49.4 Å². The van der Waals surface area contributed by atoms with Crippen LogP contribution in [-0.4, -0.2) is 30.7 Å². The van der Waals surface area contributed by atoms with Gasteiger partial charge in [0.1, 0.15) is 6.54 Å². The number of para-hydroxylation sites is 1. The standard InChI is InChI=1S/C20H18ClN3O4S/c1-2-23(16-6-4-3-5-7-16)20(26)14-24-19(25)13-12-18(22-24)29(27,28)17-10-8-15(21)9-11-17/h3-13H,2,14H2,1H3. The molecule has 0 aliphatic carbocycles. The van der Waals surface area contributed by atoms with Gasteiger partial charge >= 0.3 is 0 Å². The average Bonchev–Trinajstić information content (AvgIpc) is 2.71. The van der Waals surface area contributed by atoms with Crippen LogP contribution < -0.4 is 10.5 Å². The third-order valence-corrected chi connectivity index (χ3v) is 6.12. The number of carbonyl (C=O) groups excluding carboxylic acids is 1. The fraction of sp³-hybridized carbons (Fsp3) is 0.150. The van der Waals surface area contributed by atoms with Crippen molar-refractivity contribution >= 4 is 33.0 Å². The van der Waals surface area contributed by atoms with Gasteiger partial charge in [0.15, 0.2) is 5.03 Å². The smallest absolute Gasteiger partial charge is 0.267 e. The van der Waals surface area contributed by atoms with E-state index in [1.165, 1.54) is 29.2 Å². The van der Waals surface area contributed by atoms with Crippen LogP contribution >= 0.6 is 11.6 Å². The fourth-order valence-electron chi connectivity index (χ4n) is 2.75. The van der Waals surface area contributed by atoms with Gasteiger partial charge in [-0.3, -0.25) is 9.59 Å². The molecule has 0 saturated carbocycles. The summed E-state index contributed by atoms with van der Waals surface area (Å²) < 4.78 is 26.4. The van der Waals surface area contributed by atoms with Gasteiger partial charge in [0.05, 0.1) is 4.90 Å². The minimum absolute atomic E-state index is 0.00889. The summed E-state index contributed by atoms with van der Waals surface area (Å²) >= 11 is 5.81. The molecule has 1 heterocycles. The van der Waals surface area contributed by atoms with E-state index in [0.717, 1.165) is 16.8 Å². The molecular formula is C20H18ClN3O4S. The van der Waals surface area contributed by atoms with Crippen molar-refractivity contribution in [1.82, 2.24) is 9.78 Å². The first-order valence-corrected chi connectivity index (χ1v) is 10.6. The van der Waals surface area contributed by atoms with Gasteiger partial charge in [-0.25, -0.2) is 13.1 Å². The second kappa shape index (κ2) is 8.59. The third-order valence-electron chi connectivity index (χ3n) is 4.21. The molecule has 0 N–H and O–H groups in total. The second-order valence-corrected chi connectivity index (χ2v) is 8.43. The zero-order valence-electron chi connectivity index (χ0n) is 15.5. The Morgan fingerprint density at radius 2 is 1.69 bits per heavy atom. The number of nitrogens with zero attached hydrogens (tertiary/aromatic N) is 3. The summed E-state index contributed by atoms with van der Waals surface area (Å²) in [6, 6.07) is 16.8. The second-order valence-electron chi connectivity index (χ2n) is 6.10. The SMILES string of the molecule is CCN(C(=O)Cn1nc(S(=O)(=O)c2ccc(Cl)cc2)ccc1=O)c1ccccc1. The summed E-state index contributed by atoms with van der Waals surface area (Å²) in [7, 11) is -3.96. The Morgan fingerprint density at radius 3 is 2.31 bits per heavy atom. The highest BCUT2D eigenvalue weighted by Gasteiger charge is 2.22. The number of rotatable bonds is 6. The van der Waals surface area contributed by atoms with E-state index in [2.05, 4.69) is 5.10 Å². The number of hydrogen-bond donors (Lipinski definition) is 0. The van der Waals surface area contributed by atoms with E-state index in [1.807, 2.05) is 13.0 Å². The summed E-state index contributed by atoms with van der Waals surface area (Å²) in [4.78, 5) is 26.4. The quantitative estimate of drug-likeness (QED) is 0.598. The fourth-order valence-corrected chi connectivity index (χ4v) is 4.06. The molecule has 9 heteroatoms. The molecular weight excluding hydrogens is 414 g/mol. The van der Waals surface area contributed by atoms with E-state index >= 15 is 0 Å².